The van der Waals surface area contributed by atoms with Crippen molar-refractivity contribution in [3.8, 4) is 22.3 Å². The van der Waals surface area contributed by atoms with Gasteiger partial charge >= 0.3 is 0 Å². The second-order valence-corrected chi connectivity index (χ2v) is 12.3. The highest BCUT2D eigenvalue weighted by atomic mass is 14.3. The number of allylic oxidation sites excluding steroid dienone is 4. The minimum Gasteiger partial charge on any atom is -0.0761 e. The van der Waals surface area contributed by atoms with Crippen LogP contribution in [0.4, 0.5) is 0 Å². The van der Waals surface area contributed by atoms with Crippen LogP contribution in [-0.4, -0.2) is 0 Å². The van der Waals surface area contributed by atoms with Gasteiger partial charge in [0.15, 0.2) is 0 Å². The van der Waals surface area contributed by atoms with Crippen LogP contribution in [0.1, 0.15) is 52.0 Å². The summed E-state index contributed by atoms with van der Waals surface area (Å²) in [6.45, 7) is 0. The number of benzene rings is 6. The lowest BCUT2D eigenvalue weighted by Crippen LogP contribution is -2.16. The van der Waals surface area contributed by atoms with Gasteiger partial charge in [0.25, 0.3) is 0 Å². The van der Waals surface area contributed by atoms with Crippen molar-refractivity contribution in [3.63, 3.8) is 0 Å². The predicted molar refractivity (Wildman–Crippen MR) is 177 cm³/mol. The zero-order valence-corrected chi connectivity index (χ0v) is 23.6. The number of hydrogen-bond donors (Lipinski definition) is 0. The van der Waals surface area contributed by atoms with E-state index in [9.17, 15) is 0 Å². The lowest BCUT2D eigenvalue weighted by molar-refractivity contribution is 0.591. The summed E-state index contributed by atoms with van der Waals surface area (Å²) in [7, 11) is 0. The van der Waals surface area contributed by atoms with Crippen molar-refractivity contribution < 1.29 is 0 Å². The highest BCUT2D eigenvalue weighted by molar-refractivity contribution is 6.10. The molecule has 3 unspecified atom stereocenters. The van der Waals surface area contributed by atoms with Crippen molar-refractivity contribution in [2.75, 3.05) is 0 Å². The maximum Gasteiger partial charge on any atom is 0.0131 e. The van der Waals surface area contributed by atoms with Gasteiger partial charge in [-0.25, -0.2) is 0 Å². The molecule has 0 nitrogen and oxygen atoms in total. The molecular weight excluding hydrogens is 504 g/mol. The van der Waals surface area contributed by atoms with Crippen LogP contribution in [0, 0.1) is 0 Å². The second kappa shape index (κ2) is 9.43. The molecule has 0 heterocycles. The van der Waals surface area contributed by atoms with E-state index in [1.54, 1.807) is 11.1 Å². The molecule has 200 valence electrons. The van der Waals surface area contributed by atoms with Crippen LogP contribution in [0.2, 0.25) is 0 Å². The highest BCUT2D eigenvalue weighted by Crippen LogP contribution is 2.50. The van der Waals surface area contributed by atoms with Crippen LogP contribution in [-0.2, 0) is 12.8 Å². The van der Waals surface area contributed by atoms with Gasteiger partial charge in [-0.1, -0.05) is 133 Å². The number of fused-ring (bicyclic) bond motifs is 12. The molecule has 3 aliphatic carbocycles. The summed E-state index contributed by atoms with van der Waals surface area (Å²) < 4.78 is 0. The topological polar surface area (TPSA) is 0 Å². The molecule has 0 amide bonds. The molecule has 3 atom stereocenters. The molecule has 42 heavy (non-hydrogen) atoms. The molecule has 0 fully saturated rings. The molecule has 0 bridgehead atoms. The Morgan fingerprint density at radius 2 is 1.12 bits per heavy atom. The number of aryl methyl sites for hydroxylation is 1. The lowest BCUT2D eigenvalue weighted by atomic mass is 9.69. The smallest absolute Gasteiger partial charge is 0.0131 e. The molecule has 0 aromatic heterocycles. The molecule has 0 saturated carbocycles. The van der Waals surface area contributed by atoms with Crippen molar-refractivity contribution in [3.05, 3.63) is 167 Å². The first kappa shape index (κ1) is 24.0. The van der Waals surface area contributed by atoms with Crippen LogP contribution in [0.25, 0.3) is 43.8 Å². The molecule has 0 N–H and O–H groups in total. The van der Waals surface area contributed by atoms with E-state index in [-0.39, 0.29) is 0 Å². The van der Waals surface area contributed by atoms with E-state index in [2.05, 4.69) is 140 Å². The summed E-state index contributed by atoms with van der Waals surface area (Å²) >= 11 is 0. The van der Waals surface area contributed by atoms with Crippen LogP contribution in [0.15, 0.2) is 140 Å². The van der Waals surface area contributed by atoms with Crippen molar-refractivity contribution >= 4 is 21.5 Å². The molecule has 0 aliphatic heterocycles. The van der Waals surface area contributed by atoms with Crippen LogP contribution in [0.5, 0.6) is 0 Å². The van der Waals surface area contributed by atoms with E-state index < -0.39 is 0 Å². The third kappa shape index (κ3) is 3.61. The molecular formula is C42H32. The Kier molecular flexibility index (Phi) is 5.38. The van der Waals surface area contributed by atoms with E-state index in [4.69, 9.17) is 0 Å². The average Bonchev–Trinajstić information content (AvgIpc) is 3.08. The molecule has 0 radical (unpaired) electrons. The molecule has 3 aliphatic rings. The first-order chi connectivity index (χ1) is 20.8. The minimum atomic E-state index is 0.411. The largest absolute Gasteiger partial charge is 0.0761 e. The summed E-state index contributed by atoms with van der Waals surface area (Å²) in [5.41, 5.74) is 12.9. The maximum atomic E-state index is 2.47. The van der Waals surface area contributed by atoms with Crippen molar-refractivity contribution in [1.82, 2.24) is 0 Å². The Bertz CT molecular complexity index is 2090. The predicted octanol–water partition coefficient (Wildman–Crippen LogP) is 10.9. The molecule has 0 spiro atoms. The van der Waals surface area contributed by atoms with Gasteiger partial charge in [0.1, 0.15) is 0 Å². The molecule has 6 aromatic rings. The van der Waals surface area contributed by atoms with Gasteiger partial charge < -0.3 is 0 Å². The molecule has 6 aromatic carbocycles. The minimum absolute atomic E-state index is 0.411. The Morgan fingerprint density at radius 1 is 0.476 bits per heavy atom. The summed E-state index contributed by atoms with van der Waals surface area (Å²) in [5, 5.41) is 5.66. The summed E-state index contributed by atoms with van der Waals surface area (Å²) in [6.07, 6.45) is 12.6. The van der Waals surface area contributed by atoms with E-state index in [0.29, 0.717) is 17.8 Å². The lowest BCUT2D eigenvalue weighted by Gasteiger charge is -2.34. The number of hydrogen-bond acceptors (Lipinski definition) is 0. The quantitative estimate of drug-likeness (QED) is 0.193. The van der Waals surface area contributed by atoms with Crippen molar-refractivity contribution in [1.29, 1.82) is 0 Å². The third-order valence-corrected chi connectivity index (χ3v) is 10.2. The summed E-state index contributed by atoms with van der Waals surface area (Å²) in [4.78, 5) is 0. The van der Waals surface area contributed by atoms with E-state index in [1.807, 2.05) is 0 Å². The van der Waals surface area contributed by atoms with Gasteiger partial charge in [-0.3, -0.25) is 0 Å². The first-order valence-electron chi connectivity index (χ1n) is 15.4. The Balaban J connectivity index is 1.11. The Hall–Kier alpha value is -4.68. The first-order valence-corrected chi connectivity index (χ1v) is 15.4. The second-order valence-electron chi connectivity index (χ2n) is 12.3. The Morgan fingerprint density at radius 3 is 1.90 bits per heavy atom. The fourth-order valence-corrected chi connectivity index (χ4v) is 8.22. The zero-order chi connectivity index (χ0) is 27.6. The van der Waals surface area contributed by atoms with Crippen molar-refractivity contribution in [2.45, 2.75) is 37.0 Å². The molecule has 0 heteroatoms. The normalized spacial score (nSPS) is 20.1. The van der Waals surface area contributed by atoms with Gasteiger partial charge in [0.05, 0.1) is 0 Å². The SMILES string of the molecule is C1=CC2c3ccccc3-c3cc(-c4cccc(C5CCc6c(c7ccccc7c7ccccc67)C5)c4)ccc3C2C=C1. The van der Waals surface area contributed by atoms with Crippen molar-refractivity contribution in [2.24, 2.45) is 0 Å². The van der Waals surface area contributed by atoms with Crippen LogP contribution >= 0.6 is 0 Å². The summed E-state index contributed by atoms with van der Waals surface area (Å²) in [6, 6.07) is 43.6. The zero-order valence-electron chi connectivity index (χ0n) is 23.6. The van der Waals surface area contributed by atoms with Gasteiger partial charge in [-0.15, -0.1) is 0 Å². The van der Waals surface area contributed by atoms with Gasteiger partial charge in [-0.05, 0) is 103 Å². The fraction of sp³-hybridized carbons (Fsp3) is 0.143. The maximum absolute atomic E-state index is 2.47. The monoisotopic (exact) mass is 536 g/mol. The van der Waals surface area contributed by atoms with Gasteiger partial charge in [0.2, 0.25) is 0 Å². The Labute approximate surface area is 247 Å². The number of rotatable bonds is 2. The molecule has 9 rings (SSSR count). The van der Waals surface area contributed by atoms with E-state index in [1.165, 1.54) is 66.9 Å². The molecule has 0 saturated heterocycles. The average molecular weight is 537 g/mol. The standard InChI is InChI=1S/C42H32/c1-3-16-35-31(12-1)33-14-5-7-18-37(33)41-25-29(20-22-39(35)41)27-10-9-11-28(24-27)30-21-23-40-36-17-4-2-13-32(36)34-15-6-8-19-38(34)42(40)26-30/h1-20,22,24-25,30-31,35H,21,23,26H2. The van der Waals surface area contributed by atoms with Crippen LogP contribution < -0.4 is 0 Å². The highest BCUT2D eigenvalue weighted by Gasteiger charge is 2.32. The van der Waals surface area contributed by atoms with E-state index >= 15 is 0 Å². The summed E-state index contributed by atoms with van der Waals surface area (Å²) in [5.74, 6) is 1.36. The van der Waals surface area contributed by atoms with Crippen LogP contribution in [0.3, 0.4) is 0 Å². The van der Waals surface area contributed by atoms with E-state index in [0.717, 1.165) is 12.8 Å². The third-order valence-electron chi connectivity index (χ3n) is 10.2. The van der Waals surface area contributed by atoms with Gasteiger partial charge in [0, 0.05) is 11.8 Å². The fourth-order valence-electron chi connectivity index (χ4n) is 8.22. The van der Waals surface area contributed by atoms with Gasteiger partial charge in [-0.2, -0.15) is 0 Å².